The van der Waals surface area contributed by atoms with Gasteiger partial charge in [-0.05, 0) is 17.5 Å². The van der Waals surface area contributed by atoms with Crippen LogP contribution in [0.3, 0.4) is 0 Å². The summed E-state index contributed by atoms with van der Waals surface area (Å²) in [7, 11) is 0. The Morgan fingerprint density at radius 3 is 3.22 bits per heavy atom. The lowest BCUT2D eigenvalue weighted by Crippen LogP contribution is -1.61. The molecule has 0 saturated carbocycles. The number of para-hydroxylation sites is 1. The lowest BCUT2D eigenvalue weighted by Gasteiger charge is -1.83. The average Bonchev–Trinajstić information content (AvgIpc) is 2.48. The fraction of sp³-hybridized carbons (Fsp3) is 0. The monoisotopic (exact) mass is 124 g/mol. The number of benzene rings is 1. The van der Waals surface area contributed by atoms with E-state index in [0.29, 0.717) is 4.98 Å². The quantitative estimate of drug-likeness (QED) is 0.554. The number of rotatable bonds is 0. The fourth-order valence-corrected chi connectivity index (χ4v) is 0.620. The highest BCUT2D eigenvalue weighted by atomic mass is 14.6. The molecule has 0 aliphatic rings. The maximum atomic E-state index is 7.59. The summed E-state index contributed by atoms with van der Waals surface area (Å²) < 4.78 is 52.4. The second kappa shape index (κ2) is 1.62. The summed E-state index contributed by atoms with van der Waals surface area (Å²) in [5.41, 5.74) is -0.124. The van der Waals surface area contributed by atoms with Crippen molar-refractivity contribution in [2.75, 3.05) is 0 Å². The molecular weight excluding hydrogens is 110 g/mol. The maximum absolute atomic E-state index is 7.59. The third-order valence-electron chi connectivity index (χ3n) is 1.02. The van der Waals surface area contributed by atoms with E-state index >= 15 is 0 Å². The third-order valence-corrected chi connectivity index (χ3v) is 1.02. The van der Waals surface area contributed by atoms with Crippen LogP contribution in [-0.4, -0.2) is 4.98 Å². The number of hydrogen-bond donors (Lipinski definition) is 1. The van der Waals surface area contributed by atoms with Gasteiger partial charge >= 0.3 is 0 Å². The molecule has 0 aliphatic carbocycles. The number of nitrogens with one attached hydrogen (secondary N) is 1. The van der Waals surface area contributed by atoms with Crippen molar-refractivity contribution < 1.29 is 9.64 Å². The molecule has 1 aromatic heterocycles. The van der Waals surface area contributed by atoms with E-state index < -0.39 is 24.3 Å². The maximum Gasteiger partial charge on any atom is 0.166 e. The average molecular weight is 124 g/mol. The van der Waals surface area contributed by atoms with Gasteiger partial charge in [0.15, 0.2) is 1.41 Å². The molecule has 0 fully saturated rings. The normalized spacial score (nSPS) is 21.1. The summed E-state index contributed by atoms with van der Waals surface area (Å²) in [5.74, 6) is 0. The van der Waals surface area contributed by atoms with E-state index in [4.69, 9.17) is 9.64 Å². The van der Waals surface area contributed by atoms with Gasteiger partial charge in [0.2, 0.25) is 0 Å². The first-order chi connectivity index (χ1) is 7.37. The van der Waals surface area contributed by atoms with E-state index in [9.17, 15) is 0 Å². The van der Waals surface area contributed by atoms with E-state index in [1.54, 1.807) is 0 Å². The zero-order valence-electron chi connectivity index (χ0n) is 11.4. The summed E-state index contributed by atoms with van der Waals surface area (Å²) in [6, 6.07) is -2.02. The van der Waals surface area contributed by atoms with Crippen LogP contribution in [0.15, 0.2) is 36.4 Å². The first-order valence-corrected chi connectivity index (χ1v) is 2.45. The molecule has 0 bridgehead atoms. The Hall–Kier alpha value is -1.24. The number of aromatic amines is 1. The number of H-pyrrole nitrogens is 1. The van der Waals surface area contributed by atoms with Crippen molar-refractivity contribution in [1.82, 2.24) is 4.98 Å². The van der Waals surface area contributed by atoms with Crippen molar-refractivity contribution in [2.24, 2.45) is 0 Å². The van der Waals surface area contributed by atoms with Gasteiger partial charge in [-0.3, -0.25) is 0 Å². The molecule has 0 spiro atoms. The smallest absolute Gasteiger partial charge is 0.166 e. The lowest BCUT2D eigenvalue weighted by atomic mass is 10.3. The van der Waals surface area contributed by atoms with Crippen molar-refractivity contribution >= 4 is 10.9 Å². The van der Waals surface area contributed by atoms with E-state index in [1.165, 1.54) is 0 Å². The second-order valence-corrected chi connectivity index (χ2v) is 1.57. The Bertz CT molecular complexity index is 550. The predicted molar refractivity (Wildman–Crippen MR) is 38.3 cm³/mol. The van der Waals surface area contributed by atoms with Crippen molar-refractivity contribution in [3.63, 3.8) is 0 Å². The largest absolute Gasteiger partial charge is 0.361 e. The van der Waals surface area contributed by atoms with Crippen molar-refractivity contribution in [3.8, 4) is 0 Å². The molecule has 0 saturated heterocycles. The van der Waals surface area contributed by atoms with Crippen LogP contribution in [0, 0.1) is 0 Å². The highest BCUT2D eigenvalue weighted by molar-refractivity contribution is 5.78. The summed E-state index contributed by atoms with van der Waals surface area (Å²) in [5, 5.41) is -0.0778. The molecule has 0 aliphatic heterocycles. The highest BCUT2D eigenvalue weighted by Gasteiger charge is 1.86. The zero-order valence-corrected chi connectivity index (χ0v) is 4.45. The molecule has 2 aromatic rings. The second-order valence-electron chi connectivity index (χ2n) is 1.57. The topological polar surface area (TPSA) is 15.8 Å². The van der Waals surface area contributed by atoms with Crippen LogP contribution >= 0.6 is 0 Å². The molecule has 9 heavy (non-hydrogen) atoms. The minimum atomic E-state index is -0.455. The summed E-state index contributed by atoms with van der Waals surface area (Å²) in [6.07, 6.45) is -0.443. The minimum Gasteiger partial charge on any atom is -0.361 e. The highest BCUT2D eigenvalue weighted by Crippen LogP contribution is 2.09. The van der Waals surface area contributed by atoms with Crippen molar-refractivity contribution in [3.05, 3.63) is 36.4 Å². The summed E-state index contributed by atoms with van der Waals surface area (Å²) >= 11 is 0. The Labute approximate surface area is 63.2 Å². The van der Waals surface area contributed by atoms with Crippen LogP contribution in [0.1, 0.15) is 8.22 Å². The van der Waals surface area contributed by atoms with Crippen LogP contribution in [0.4, 0.5) is 0 Å². The van der Waals surface area contributed by atoms with Crippen LogP contribution in [0.2, 0.25) is 1.41 Å². The summed E-state index contributed by atoms with van der Waals surface area (Å²) in [4.78, 5) is 0.551. The molecule has 1 N–H and O–H groups in total. The van der Waals surface area contributed by atoms with Gasteiger partial charge in [0.25, 0.3) is 0 Å². The first kappa shape index (κ1) is 1.43. The summed E-state index contributed by atoms with van der Waals surface area (Å²) in [6.45, 7) is 0. The fourth-order valence-electron chi connectivity index (χ4n) is 0.620. The van der Waals surface area contributed by atoms with Gasteiger partial charge in [0, 0.05) is 11.7 Å². The number of hydrogen-bond acceptors (Lipinski definition) is 0. The SMILES string of the molecule is [2H]c1c([2H])c([2H])c2c(c1[2H])c([2H])c([2H])n2[2H]. The molecule has 0 radical (unpaired) electrons. The van der Waals surface area contributed by atoms with Gasteiger partial charge in [0.05, 0.1) is 8.22 Å². The third kappa shape index (κ3) is 0.617. The molecule has 0 amide bonds. The van der Waals surface area contributed by atoms with Gasteiger partial charge in [-0.15, -0.1) is 0 Å². The minimum absolute atomic E-state index is 0.0778. The first-order valence-electron chi connectivity index (χ1n) is 5.89. The van der Waals surface area contributed by atoms with Crippen LogP contribution in [0.25, 0.3) is 10.9 Å². The Morgan fingerprint density at radius 2 is 2.22 bits per heavy atom. The predicted octanol–water partition coefficient (Wildman–Crippen LogP) is 2.17. The van der Waals surface area contributed by atoms with E-state index in [0.717, 1.165) is 0 Å². The molecule has 44 valence electrons. The van der Waals surface area contributed by atoms with Gasteiger partial charge < -0.3 is 4.98 Å². The van der Waals surface area contributed by atoms with Gasteiger partial charge in [-0.2, -0.15) is 0 Å². The van der Waals surface area contributed by atoms with Gasteiger partial charge in [0.1, 0.15) is 0 Å². The molecule has 0 unspecified atom stereocenters. The molecule has 0 atom stereocenters. The molecule has 1 aromatic carbocycles. The molecule has 1 heterocycles. The molecule has 1 heteroatoms. The molecule has 1 nitrogen and oxygen atoms in total. The Morgan fingerprint density at radius 1 is 1.33 bits per heavy atom. The van der Waals surface area contributed by atoms with Crippen molar-refractivity contribution in [1.29, 1.82) is 0 Å². The Balaban J connectivity index is 3.15. The van der Waals surface area contributed by atoms with Crippen molar-refractivity contribution in [2.45, 2.75) is 0 Å². The van der Waals surface area contributed by atoms with Crippen LogP contribution < -0.4 is 0 Å². The lowest BCUT2D eigenvalue weighted by molar-refractivity contribution is 1.48. The van der Waals surface area contributed by atoms with E-state index in [-0.39, 0.29) is 23.0 Å². The molecular formula is C8H7N. The number of aromatic nitrogens is 1. The number of fused-ring (bicyclic) bond motifs is 1. The zero-order chi connectivity index (χ0) is 12.2. The van der Waals surface area contributed by atoms with Gasteiger partial charge in [-0.1, -0.05) is 18.1 Å². The molecule has 2 rings (SSSR count). The van der Waals surface area contributed by atoms with E-state index in [1.807, 2.05) is 0 Å². The van der Waals surface area contributed by atoms with Gasteiger partial charge in [-0.25, -0.2) is 0 Å². The van der Waals surface area contributed by atoms with Crippen LogP contribution in [0.5, 0.6) is 0 Å². The standard InChI is InChI=1S/C8H7N/c1-2-4-8-7(3-1)5-6-9-8/h1-6,9H/i1D,2D,3D,4D,5D,6D/hD. The van der Waals surface area contributed by atoms with E-state index in [2.05, 4.69) is 0 Å². The van der Waals surface area contributed by atoms with Crippen LogP contribution in [-0.2, 0) is 0 Å². The Kier molecular flexibility index (Phi) is 0.257.